The quantitative estimate of drug-likeness (QED) is 0.129. The largest absolute Gasteiger partial charge is 0.488 e. The van der Waals surface area contributed by atoms with E-state index < -0.39 is 11.9 Å². The molecule has 15 heteroatoms. The van der Waals surface area contributed by atoms with Gasteiger partial charge in [-0.3, -0.25) is 14.4 Å². The van der Waals surface area contributed by atoms with Crippen molar-refractivity contribution in [3.05, 3.63) is 77.7 Å². The SMILES string of the molecule is CNC(=O)COc1cc2c(cc1-c1c3ccc(=[N+](C)C)cc-3oc3cc(N(C)C)ccc13)OCCOc1cc(C)ccc1N(CC(=O)OC)CCOCCN2CC(=O)OC. The van der Waals surface area contributed by atoms with Crippen LogP contribution in [0, 0.1) is 6.92 Å². The summed E-state index contributed by atoms with van der Waals surface area (Å²) in [6, 6.07) is 21.5. The van der Waals surface area contributed by atoms with E-state index in [1.807, 2.05) is 110 Å². The Hall–Kier alpha value is -6.48. The van der Waals surface area contributed by atoms with Crippen molar-refractivity contribution in [3.8, 4) is 39.7 Å². The average Bonchev–Trinajstić information content (AvgIpc) is 3.24. The molecule has 3 aromatic rings. The lowest BCUT2D eigenvalue weighted by molar-refractivity contribution is -0.139. The average molecular weight is 825 g/mol. The van der Waals surface area contributed by atoms with Crippen molar-refractivity contribution in [2.45, 2.75) is 6.92 Å². The first-order chi connectivity index (χ1) is 28.9. The fourth-order valence-corrected chi connectivity index (χ4v) is 6.92. The van der Waals surface area contributed by atoms with Gasteiger partial charge in [0.25, 0.3) is 5.91 Å². The molecule has 0 radical (unpaired) electrons. The molecule has 2 heterocycles. The topological polar surface area (TPSA) is 144 Å². The highest BCUT2D eigenvalue weighted by Gasteiger charge is 2.27. The van der Waals surface area contributed by atoms with Gasteiger partial charge in [0.05, 0.1) is 44.9 Å². The minimum absolute atomic E-state index is 0.0136. The van der Waals surface area contributed by atoms with Gasteiger partial charge in [0, 0.05) is 80.2 Å². The summed E-state index contributed by atoms with van der Waals surface area (Å²) < 4.78 is 44.3. The fourth-order valence-electron chi connectivity index (χ4n) is 6.92. The molecule has 0 atom stereocenters. The number of hydrogen-bond acceptors (Lipinski definition) is 13. The summed E-state index contributed by atoms with van der Waals surface area (Å²) in [6.07, 6.45) is 0. The zero-order chi connectivity index (χ0) is 42.9. The van der Waals surface area contributed by atoms with Crippen LogP contribution < -0.4 is 44.2 Å². The first-order valence-corrected chi connectivity index (χ1v) is 19.7. The Labute approximate surface area is 349 Å². The van der Waals surface area contributed by atoms with Crippen LogP contribution in [0.2, 0.25) is 0 Å². The minimum atomic E-state index is -0.482. The molecule has 0 saturated carbocycles. The van der Waals surface area contributed by atoms with Crippen molar-refractivity contribution in [2.24, 2.45) is 0 Å². The summed E-state index contributed by atoms with van der Waals surface area (Å²) in [4.78, 5) is 43.9. The number of nitrogens with zero attached hydrogens (tertiary/aromatic N) is 4. The number of likely N-dealkylation sites (N-methyl/N-ethyl adjacent to an activating group) is 1. The van der Waals surface area contributed by atoms with Crippen LogP contribution in [-0.4, -0.2) is 127 Å². The van der Waals surface area contributed by atoms with Crippen LogP contribution in [0.25, 0.3) is 33.4 Å². The summed E-state index contributed by atoms with van der Waals surface area (Å²) in [5.41, 5.74) is 6.02. The molecule has 0 spiro atoms. The summed E-state index contributed by atoms with van der Waals surface area (Å²) in [7, 11) is 12.1. The molecule has 0 bridgehead atoms. The van der Waals surface area contributed by atoms with Gasteiger partial charge in [-0.25, -0.2) is 4.58 Å². The number of rotatable bonds is 9. The number of hydrogen-bond donors (Lipinski definition) is 1. The smallest absolute Gasteiger partial charge is 0.325 e. The van der Waals surface area contributed by atoms with Crippen molar-refractivity contribution in [2.75, 3.05) is 123 Å². The molecule has 3 aliphatic rings. The second kappa shape index (κ2) is 19.5. The summed E-state index contributed by atoms with van der Waals surface area (Å²) in [6.45, 7) is 2.83. The molecular weight excluding hydrogens is 771 g/mol. The van der Waals surface area contributed by atoms with Gasteiger partial charge in [0.1, 0.15) is 69.0 Å². The number of benzene rings is 4. The van der Waals surface area contributed by atoms with E-state index in [1.54, 1.807) is 18.0 Å². The molecule has 60 heavy (non-hydrogen) atoms. The highest BCUT2D eigenvalue weighted by molar-refractivity contribution is 6.04. The Morgan fingerprint density at radius 2 is 1.45 bits per heavy atom. The zero-order valence-electron chi connectivity index (χ0n) is 35.6. The molecule has 2 aliphatic heterocycles. The monoisotopic (exact) mass is 824 g/mol. The van der Waals surface area contributed by atoms with E-state index in [0.717, 1.165) is 33.1 Å². The lowest BCUT2D eigenvalue weighted by Crippen LogP contribution is -2.36. The van der Waals surface area contributed by atoms with Crippen LogP contribution in [0.1, 0.15) is 5.56 Å². The first kappa shape index (κ1) is 43.1. The van der Waals surface area contributed by atoms with Crippen LogP contribution in [0.4, 0.5) is 17.1 Å². The molecule has 318 valence electrons. The minimum Gasteiger partial charge on any atom is -0.488 e. The normalized spacial score (nSPS) is 13.5. The van der Waals surface area contributed by atoms with E-state index >= 15 is 0 Å². The molecule has 0 saturated heterocycles. The van der Waals surface area contributed by atoms with E-state index in [0.29, 0.717) is 52.1 Å². The number of fused-ring (bicyclic) bond motifs is 4. The number of anilines is 3. The first-order valence-electron chi connectivity index (χ1n) is 19.7. The molecule has 1 N–H and O–H groups in total. The number of carbonyl (C=O) groups is 3. The van der Waals surface area contributed by atoms with Crippen LogP contribution >= 0.6 is 0 Å². The third-order valence-corrected chi connectivity index (χ3v) is 10.2. The number of nitrogens with one attached hydrogen (secondary N) is 1. The summed E-state index contributed by atoms with van der Waals surface area (Å²) in [5.74, 6) is 0.794. The van der Waals surface area contributed by atoms with E-state index in [4.69, 9.17) is 32.8 Å². The Morgan fingerprint density at radius 3 is 2.08 bits per heavy atom. The highest BCUT2D eigenvalue weighted by Crippen LogP contribution is 2.48. The second-order valence-electron chi connectivity index (χ2n) is 14.7. The van der Waals surface area contributed by atoms with Crippen LogP contribution in [-0.2, 0) is 28.6 Å². The van der Waals surface area contributed by atoms with Gasteiger partial charge in [-0.05, 0) is 48.9 Å². The lowest BCUT2D eigenvalue weighted by Gasteiger charge is -2.28. The predicted octanol–water partition coefficient (Wildman–Crippen LogP) is 4.18. The molecule has 15 nitrogen and oxygen atoms in total. The second-order valence-corrected chi connectivity index (χ2v) is 14.7. The summed E-state index contributed by atoms with van der Waals surface area (Å²) >= 11 is 0. The molecule has 3 aromatic carbocycles. The maximum atomic E-state index is 13.0. The van der Waals surface area contributed by atoms with E-state index in [9.17, 15) is 14.4 Å². The van der Waals surface area contributed by atoms with Gasteiger partial charge < -0.3 is 52.9 Å². The van der Waals surface area contributed by atoms with Gasteiger partial charge in [0.2, 0.25) is 5.36 Å². The number of amides is 1. The number of carbonyl (C=O) groups excluding carboxylic acids is 3. The number of ether oxygens (including phenoxy) is 6. The van der Waals surface area contributed by atoms with E-state index in [-0.39, 0.29) is 58.6 Å². The Kier molecular flexibility index (Phi) is 14.0. The van der Waals surface area contributed by atoms with E-state index in [1.165, 1.54) is 14.2 Å². The van der Waals surface area contributed by atoms with Crippen molar-refractivity contribution >= 4 is 45.9 Å². The maximum Gasteiger partial charge on any atom is 0.325 e. The molecule has 1 amide bonds. The van der Waals surface area contributed by atoms with Crippen molar-refractivity contribution in [1.29, 1.82) is 0 Å². The fraction of sp³-hybridized carbons (Fsp3) is 0.378. The summed E-state index contributed by atoms with van der Waals surface area (Å²) in [5, 5.41) is 4.39. The molecule has 0 aromatic heterocycles. The molecule has 6 rings (SSSR count). The van der Waals surface area contributed by atoms with Crippen molar-refractivity contribution in [1.82, 2.24) is 9.89 Å². The molecular formula is C45H54N5O10+. The lowest BCUT2D eigenvalue weighted by atomic mass is 9.92. The Morgan fingerprint density at radius 1 is 0.783 bits per heavy atom. The van der Waals surface area contributed by atoms with Crippen molar-refractivity contribution in [3.63, 3.8) is 0 Å². The Bertz CT molecular complexity index is 2390. The molecule has 1 aliphatic carbocycles. The predicted molar refractivity (Wildman–Crippen MR) is 231 cm³/mol. The number of methoxy groups -OCH3 is 2. The van der Waals surface area contributed by atoms with Gasteiger partial charge in [-0.2, -0.15) is 0 Å². The van der Waals surface area contributed by atoms with Gasteiger partial charge in [-0.15, -0.1) is 0 Å². The third kappa shape index (κ3) is 10.0. The van der Waals surface area contributed by atoms with E-state index in [2.05, 4.69) is 5.32 Å². The maximum absolute atomic E-state index is 13.0. The van der Waals surface area contributed by atoms with Crippen LogP contribution in [0.15, 0.2) is 71.1 Å². The van der Waals surface area contributed by atoms with Crippen molar-refractivity contribution < 1.29 is 47.2 Å². The van der Waals surface area contributed by atoms with Crippen LogP contribution in [0.5, 0.6) is 17.2 Å². The highest BCUT2D eigenvalue weighted by atomic mass is 16.5. The van der Waals surface area contributed by atoms with Gasteiger partial charge >= 0.3 is 11.9 Å². The van der Waals surface area contributed by atoms with Gasteiger partial charge in [0.15, 0.2) is 6.61 Å². The third-order valence-electron chi connectivity index (χ3n) is 10.2. The standard InChI is InChI=1S/C45H53N5O10/c1-29-9-14-35-40(21-29)57-19-20-58-41-24-34(45-32-12-10-30(47(3)4)22-38(32)60-39-23-31(48(5)6)11-13-33(39)45)37(59-28-42(51)46-2)25-36(41)50(27-44(53)55-8)16-18-56-17-15-49(35)26-43(52)54-7/h9-14,21-25H,15-20,26-28H2,1-8H3/p+1. The van der Waals surface area contributed by atoms with Crippen LogP contribution in [0.3, 0.4) is 0 Å². The zero-order valence-corrected chi connectivity index (χ0v) is 35.6. The van der Waals surface area contributed by atoms with Gasteiger partial charge in [-0.1, -0.05) is 6.07 Å². The number of aryl methyl sites for hydroxylation is 1. The number of esters is 2. The Balaban J connectivity index is 1.55. The molecule has 0 fully saturated rings. The molecule has 0 unspecified atom stereocenters.